The quantitative estimate of drug-likeness (QED) is 0.577. The minimum Gasteiger partial charge on any atom is -0.508 e. The fourth-order valence-corrected chi connectivity index (χ4v) is 4.98. The highest BCUT2D eigenvalue weighted by atomic mass is 16.5. The summed E-state index contributed by atoms with van der Waals surface area (Å²) in [4.78, 5) is 38.5. The van der Waals surface area contributed by atoms with Crippen molar-refractivity contribution in [2.75, 3.05) is 7.11 Å². The van der Waals surface area contributed by atoms with E-state index in [-0.39, 0.29) is 5.75 Å². The number of hydrogen-bond donors (Lipinski definition) is 2. The lowest BCUT2D eigenvalue weighted by Gasteiger charge is -2.42. The van der Waals surface area contributed by atoms with Gasteiger partial charge >= 0.3 is 13.2 Å². The summed E-state index contributed by atoms with van der Waals surface area (Å²) in [5.41, 5.74) is 1.99. The van der Waals surface area contributed by atoms with Crippen LogP contribution in [0.5, 0.6) is 5.75 Å². The number of likely N-dealkylation sites (tertiary alicyclic amines) is 1. The number of para-hydroxylation sites is 1. The first-order valence-corrected chi connectivity index (χ1v) is 9.68. The number of fused-ring (bicyclic) bond motifs is 3. The van der Waals surface area contributed by atoms with Crippen molar-refractivity contribution in [2.24, 2.45) is 17.8 Å². The fourth-order valence-electron chi connectivity index (χ4n) is 4.98. The van der Waals surface area contributed by atoms with Crippen molar-refractivity contribution in [3.8, 4) is 5.75 Å². The lowest BCUT2D eigenvalue weighted by molar-refractivity contribution is -0.137. The number of amides is 3. The molecule has 2 heterocycles. The van der Waals surface area contributed by atoms with Crippen molar-refractivity contribution in [1.29, 1.82) is 0 Å². The maximum absolute atomic E-state index is 13.0. The molecule has 0 unspecified atom stereocenters. The molecule has 3 amide bonds. The summed E-state index contributed by atoms with van der Waals surface area (Å²) in [6.07, 6.45) is -0.433. The zero-order chi connectivity index (χ0) is 20.9. The Kier molecular flexibility index (Phi) is 4.96. The van der Waals surface area contributed by atoms with Crippen LogP contribution in [0.1, 0.15) is 37.9 Å². The van der Waals surface area contributed by atoms with Gasteiger partial charge in [0.05, 0.1) is 25.0 Å². The van der Waals surface area contributed by atoms with Crippen LogP contribution in [0, 0.1) is 17.8 Å². The smallest absolute Gasteiger partial charge is 0.487 e. The topological polar surface area (TPSA) is 113 Å². The first kappa shape index (κ1) is 19.7. The molecule has 2 fully saturated rings. The predicted octanol–water partition coefficient (Wildman–Crippen LogP) is 1.97. The molecule has 152 valence electrons. The summed E-state index contributed by atoms with van der Waals surface area (Å²) >= 11 is 0. The average molecular weight is 399 g/mol. The molecule has 0 aromatic heterocycles. The number of methoxy groups -OCH3 is 1. The van der Waals surface area contributed by atoms with Crippen LogP contribution in [0.4, 0.5) is 4.79 Å². The van der Waals surface area contributed by atoms with Crippen LogP contribution in [-0.2, 0) is 19.0 Å². The first-order chi connectivity index (χ1) is 13.9. The number of ether oxygens (including phenoxy) is 1. The third-order valence-corrected chi connectivity index (χ3v) is 6.28. The summed E-state index contributed by atoms with van der Waals surface area (Å²) in [5, 5.41) is 21.0. The van der Waals surface area contributed by atoms with Gasteiger partial charge in [0.25, 0.3) is 0 Å². The number of aromatic hydroxyl groups is 1. The van der Waals surface area contributed by atoms with Crippen LogP contribution in [-0.4, -0.2) is 47.2 Å². The van der Waals surface area contributed by atoms with E-state index in [1.807, 2.05) is 6.92 Å². The second-order valence-electron chi connectivity index (χ2n) is 7.61. The Balaban J connectivity index is 1.76. The SMILES string of the molecule is CCC1=C2B(O)O[C@H](c3ccccc3O)C[C@H]2[C@H]2C(=O)N(C(=O)OC)C(=O)[C@H]2C1. The molecule has 0 radical (unpaired) electrons. The Labute approximate surface area is 168 Å². The zero-order valence-electron chi connectivity index (χ0n) is 16.2. The lowest BCUT2D eigenvalue weighted by Crippen LogP contribution is -2.45. The molecule has 3 aliphatic rings. The van der Waals surface area contributed by atoms with E-state index in [9.17, 15) is 24.5 Å². The third kappa shape index (κ3) is 2.96. The molecule has 2 saturated heterocycles. The summed E-state index contributed by atoms with van der Waals surface area (Å²) in [5.74, 6) is -3.03. The van der Waals surface area contributed by atoms with Crippen LogP contribution >= 0.6 is 0 Å². The molecular weight excluding hydrogens is 377 g/mol. The van der Waals surface area contributed by atoms with Gasteiger partial charge in [-0.05, 0) is 36.7 Å². The van der Waals surface area contributed by atoms with E-state index in [1.54, 1.807) is 18.2 Å². The van der Waals surface area contributed by atoms with Crippen LogP contribution in [0.2, 0.25) is 0 Å². The van der Waals surface area contributed by atoms with E-state index in [0.717, 1.165) is 12.7 Å². The number of carbonyl (C=O) groups excluding carboxylic acids is 3. The Bertz CT molecular complexity index is 914. The molecule has 4 atom stereocenters. The minimum absolute atomic E-state index is 0.0326. The van der Waals surface area contributed by atoms with Gasteiger partial charge in [0.2, 0.25) is 11.8 Å². The standard InChI is InChI=1S/C20H22BNO7/c1-3-10-8-13-16(19(25)22(18(13)24)20(26)28-2)12-9-15(29-21(27)17(10)12)11-6-4-5-7-14(11)23/h4-7,12-13,15-16,23,27H,3,8-9H2,1-2H3/t12-,13-,15-,16+/m0/s1. The number of phenols is 1. The predicted molar refractivity (Wildman–Crippen MR) is 101 cm³/mol. The highest BCUT2D eigenvalue weighted by Gasteiger charge is 2.59. The van der Waals surface area contributed by atoms with Crippen molar-refractivity contribution in [3.05, 3.63) is 40.9 Å². The van der Waals surface area contributed by atoms with Crippen LogP contribution in [0.3, 0.4) is 0 Å². The zero-order valence-corrected chi connectivity index (χ0v) is 16.2. The summed E-state index contributed by atoms with van der Waals surface area (Å²) in [7, 11) is -0.123. The number of hydrogen-bond acceptors (Lipinski definition) is 7. The van der Waals surface area contributed by atoms with Crippen molar-refractivity contribution in [2.45, 2.75) is 32.3 Å². The van der Waals surface area contributed by atoms with E-state index in [4.69, 9.17) is 4.65 Å². The molecule has 8 nitrogen and oxygen atoms in total. The molecule has 4 rings (SSSR count). The van der Waals surface area contributed by atoms with Gasteiger partial charge in [-0.25, -0.2) is 4.79 Å². The lowest BCUT2D eigenvalue weighted by atomic mass is 9.55. The molecule has 1 aliphatic carbocycles. The number of allylic oxidation sites excluding steroid dienone is 2. The highest BCUT2D eigenvalue weighted by molar-refractivity contribution is 6.53. The number of carbonyl (C=O) groups is 3. The van der Waals surface area contributed by atoms with E-state index in [2.05, 4.69) is 4.74 Å². The largest absolute Gasteiger partial charge is 0.508 e. The van der Waals surface area contributed by atoms with Crippen LogP contribution in [0.15, 0.2) is 35.3 Å². The molecule has 2 N–H and O–H groups in total. The first-order valence-electron chi connectivity index (χ1n) is 9.68. The molecule has 2 aliphatic heterocycles. The average Bonchev–Trinajstić information content (AvgIpc) is 2.97. The number of nitrogens with zero attached hydrogens (tertiary/aromatic N) is 1. The van der Waals surface area contributed by atoms with E-state index >= 15 is 0 Å². The van der Waals surface area contributed by atoms with Gasteiger partial charge in [0.15, 0.2) is 0 Å². The van der Waals surface area contributed by atoms with E-state index < -0.39 is 48.9 Å². The van der Waals surface area contributed by atoms with Gasteiger partial charge in [-0.1, -0.05) is 30.7 Å². The second-order valence-corrected chi connectivity index (χ2v) is 7.61. The molecule has 1 aromatic rings. The number of rotatable bonds is 2. The Morgan fingerprint density at radius 2 is 2.00 bits per heavy atom. The monoisotopic (exact) mass is 399 g/mol. The maximum Gasteiger partial charge on any atom is 0.487 e. The molecular formula is C20H22BNO7. The van der Waals surface area contributed by atoms with Gasteiger partial charge in [0.1, 0.15) is 5.75 Å². The van der Waals surface area contributed by atoms with Gasteiger partial charge in [-0.15, -0.1) is 0 Å². The summed E-state index contributed by atoms with van der Waals surface area (Å²) in [6.45, 7) is 1.92. The second kappa shape index (κ2) is 7.31. The van der Waals surface area contributed by atoms with E-state index in [0.29, 0.717) is 35.2 Å². The van der Waals surface area contributed by atoms with Crippen molar-refractivity contribution >= 4 is 25.0 Å². The van der Waals surface area contributed by atoms with Crippen molar-refractivity contribution in [1.82, 2.24) is 4.90 Å². The Morgan fingerprint density at radius 1 is 1.28 bits per heavy atom. The maximum atomic E-state index is 13.0. The molecule has 0 bridgehead atoms. The molecule has 0 spiro atoms. The van der Waals surface area contributed by atoms with Gasteiger partial charge < -0.3 is 19.5 Å². The normalized spacial score (nSPS) is 29.1. The Morgan fingerprint density at radius 3 is 2.66 bits per heavy atom. The highest BCUT2D eigenvalue weighted by Crippen LogP contribution is 2.52. The Hall–Kier alpha value is -2.65. The number of benzene rings is 1. The molecule has 29 heavy (non-hydrogen) atoms. The molecule has 9 heteroatoms. The van der Waals surface area contributed by atoms with Gasteiger partial charge in [-0.3, -0.25) is 9.59 Å². The van der Waals surface area contributed by atoms with E-state index in [1.165, 1.54) is 6.07 Å². The van der Waals surface area contributed by atoms with Gasteiger partial charge in [-0.2, -0.15) is 4.90 Å². The number of imide groups is 3. The fraction of sp³-hybridized carbons (Fsp3) is 0.450. The molecule has 0 saturated carbocycles. The number of phenolic OH excluding ortho intramolecular Hbond substituents is 1. The molecule has 1 aromatic carbocycles. The summed E-state index contributed by atoms with van der Waals surface area (Å²) in [6, 6.07) is 6.66. The van der Waals surface area contributed by atoms with Crippen LogP contribution in [0.25, 0.3) is 0 Å². The van der Waals surface area contributed by atoms with Gasteiger partial charge in [0, 0.05) is 5.56 Å². The van der Waals surface area contributed by atoms with Crippen molar-refractivity contribution < 1.29 is 33.9 Å². The summed E-state index contributed by atoms with van der Waals surface area (Å²) < 4.78 is 10.4. The van der Waals surface area contributed by atoms with Crippen LogP contribution < -0.4 is 0 Å². The minimum atomic E-state index is -1.25. The third-order valence-electron chi connectivity index (χ3n) is 6.28. The van der Waals surface area contributed by atoms with Crippen molar-refractivity contribution in [3.63, 3.8) is 0 Å².